The third-order valence-electron chi connectivity index (χ3n) is 4.88. The fraction of sp³-hybridized carbons (Fsp3) is 0.611. The third kappa shape index (κ3) is 8.72. The first-order chi connectivity index (χ1) is 15.3. The molecule has 1 saturated heterocycles. The lowest BCUT2D eigenvalue weighted by molar-refractivity contribution is -0.148. The summed E-state index contributed by atoms with van der Waals surface area (Å²) in [6.07, 6.45) is -1.32. The monoisotopic (exact) mass is 472 g/mol. The Morgan fingerprint density at radius 2 is 1.58 bits per heavy atom. The molecule has 0 radical (unpaired) electrons. The highest BCUT2D eigenvalue weighted by Gasteiger charge is 2.39. The summed E-state index contributed by atoms with van der Waals surface area (Å²) in [4.78, 5) is 83.3. The van der Waals surface area contributed by atoms with Gasteiger partial charge < -0.3 is 42.9 Å². The summed E-state index contributed by atoms with van der Waals surface area (Å²) in [6, 6.07) is -5.49. The third-order valence-corrected chi connectivity index (χ3v) is 4.88. The number of carboxylic acid groups (broad SMARTS) is 2. The SMILES string of the molecule is NC(=O)CCC(NC(=O)C(N)CC(N)=O)C(=O)N1CCCC1C(=O)NC(CC(=O)O)C(=O)O. The zero-order valence-corrected chi connectivity index (χ0v) is 17.7. The summed E-state index contributed by atoms with van der Waals surface area (Å²) in [5.74, 6) is -7.11. The van der Waals surface area contributed by atoms with Crippen molar-refractivity contribution in [2.45, 2.75) is 62.7 Å². The molecule has 0 aliphatic carbocycles. The number of carbonyl (C=O) groups excluding carboxylic acids is 5. The van der Waals surface area contributed by atoms with Crippen molar-refractivity contribution in [2.24, 2.45) is 17.2 Å². The molecule has 0 spiro atoms. The van der Waals surface area contributed by atoms with Crippen LogP contribution in [0, 0.1) is 0 Å². The number of carbonyl (C=O) groups is 7. The summed E-state index contributed by atoms with van der Waals surface area (Å²) in [5.41, 5.74) is 15.7. The molecule has 0 saturated carbocycles. The smallest absolute Gasteiger partial charge is 0.326 e. The minimum absolute atomic E-state index is 0.0872. The summed E-state index contributed by atoms with van der Waals surface area (Å²) in [5, 5.41) is 22.4. The van der Waals surface area contributed by atoms with Crippen LogP contribution >= 0.6 is 0 Å². The fourth-order valence-electron chi connectivity index (χ4n) is 3.28. The molecule has 5 amide bonds. The van der Waals surface area contributed by atoms with Gasteiger partial charge in [0.25, 0.3) is 0 Å². The van der Waals surface area contributed by atoms with Crippen LogP contribution < -0.4 is 27.8 Å². The van der Waals surface area contributed by atoms with Gasteiger partial charge >= 0.3 is 11.9 Å². The second-order valence-electron chi connectivity index (χ2n) is 7.53. The van der Waals surface area contributed by atoms with Crippen molar-refractivity contribution in [1.29, 1.82) is 0 Å². The average molecular weight is 472 g/mol. The molecule has 15 heteroatoms. The number of carboxylic acids is 2. The van der Waals surface area contributed by atoms with Crippen LogP contribution in [0.4, 0.5) is 0 Å². The lowest BCUT2D eigenvalue weighted by Crippen LogP contribution is -2.57. The second kappa shape index (κ2) is 12.3. The molecule has 4 atom stereocenters. The van der Waals surface area contributed by atoms with Crippen LogP contribution in [0.5, 0.6) is 0 Å². The molecular weight excluding hydrogens is 444 g/mol. The fourth-order valence-corrected chi connectivity index (χ4v) is 3.28. The number of rotatable bonds is 13. The Hall–Kier alpha value is -3.75. The molecule has 184 valence electrons. The van der Waals surface area contributed by atoms with Gasteiger partial charge in [0.05, 0.1) is 18.9 Å². The number of nitrogens with two attached hydrogens (primary N) is 3. The maximum Gasteiger partial charge on any atom is 0.326 e. The van der Waals surface area contributed by atoms with Gasteiger partial charge in [-0.15, -0.1) is 0 Å². The number of hydrogen-bond acceptors (Lipinski definition) is 8. The predicted octanol–water partition coefficient (Wildman–Crippen LogP) is -4.03. The molecule has 4 unspecified atom stereocenters. The molecule has 15 nitrogen and oxygen atoms in total. The standard InChI is InChI=1S/C18H28N6O9/c19-8(6-13(21)26)15(29)22-9(3-4-12(20)25)17(31)24-5-1-2-11(24)16(30)23-10(18(32)33)7-14(27)28/h8-11H,1-7,19H2,(H2,20,25)(H2,21,26)(H,22,29)(H,23,30)(H,27,28)(H,32,33). The molecule has 0 bridgehead atoms. The van der Waals surface area contributed by atoms with Crippen LogP contribution in [0.3, 0.4) is 0 Å². The minimum atomic E-state index is -1.70. The van der Waals surface area contributed by atoms with E-state index in [1.54, 1.807) is 0 Å². The molecule has 10 N–H and O–H groups in total. The topological polar surface area (TPSA) is 265 Å². The molecule has 1 rings (SSSR count). The van der Waals surface area contributed by atoms with Gasteiger partial charge in [-0.1, -0.05) is 0 Å². The molecule has 33 heavy (non-hydrogen) atoms. The molecule has 0 aromatic rings. The second-order valence-corrected chi connectivity index (χ2v) is 7.53. The van der Waals surface area contributed by atoms with Crippen LogP contribution in [-0.2, 0) is 33.6 Å². The van der Waals surface area contributed by atoms with E-state index >= 15 is 0 Å². The van der Waals surface area contributed by atoms with Crippen molar-refractivity contribution in [1.82, 2.24) is 15.5 Å². The summed E-state index contributed by atoms with van der Waals surface area (Å²) < 4.78 is 0. The van der Waals surface area contributed by atoms with E-state index in [9.17, 15) is 33.6 Å². The van der Waals surface area contributed by atoms with Gasteiger partial charge in [-0.2, -0.15) is 0 Å². The molecule has 0 aromatic carbocycles. The molecule has 0 aromatic heterocycles. The molecular formula is C18H28N6O9. The number of likely N-dealkylation sites (tertiary alicyclic amines) is 1. The van der Waals surface area contributed by atoms with Gasteiger partial charge in [-0.05, 0) is 19.3 Å². The number of amides is 5. The molecule has 1 aliphatic rings. The zero-order chi connectivity index (χ0) is 25.3. The Balaban J connectivity index is 2.99. The van der Waals surface area contributed by atoms with Crippen molar-refractivity contribution in [3.8, 4) is 0 Å². The van der Waals surface area contributed by atoms with E-state index in [0.29, 0.717) is 6.42 Å². The first-order valence-electron chi connectivity index (χ1n) is 10.0. The van der Waals surface area contributed by atoms with Crippen LogP contribution in [-0.4, -0.2) is 87.3 Å². The van der Waals surface area contributed by atoms with Crippen LogP contribution in [0.2, 0.25) is 0 Å². The van der Waals surface area contributed by atoms with Gasteiger partial charge in [0.1, 0.15) is 18.1 Å². The van der Waals surface area contributed by atoms with Crippen LogP contribution in [0.1, 0.15) is 38.5 Å². The molecule has 1 aliphatic heterocycles. The first-order valence-corrected chi connectivity index (χ1v) is 10.0. The number of nitrogens with zero attached hydrogens (tertiary/aromatic N) is 1. The Morgan fingerprint density at radius 1 is 0.939 bits per heavy atom. The Labute approximate surface area is 188 Å². The maximum absolute atomic E-state index is 13.1. The van der Waals surface area contributed by atoms with Crippen LogP contribution in [0.15, 0.2) is 0 Å². The van der Waals surface area contributed by atoms with E-state index in [1.165, 1.54) is 0 Å². The average Bonchev–Trinajstić information content (AvgIpc) is 3.18. The summed E-state index contributed by atoms with van der Waals surface area (Å²) >= 11 is 0. The highest BCUT2D eigenvalue weighted by molar-refractivity contribution is 5.96. The molecule has 1 fully saturated rings. The van der Waals surface area contributed by atoms with Gasteiger partial charge in [0, 0.05) is 13.0 Å². The van der Waals surface area contributed by atoms with E-state index in [0.717, 1.165) is 4.90 Å². The lowest BCUT2D eigenvalue weighted by Gasteiger charge is -2.29. The Bertz CT molecular complexity index is 817. The highest BCUT2D eigenvalue weighted by Crippen LogP contribution is 2.20. The first kappa shape index (κ1) is 27.3. The van der Waals surface area contributed by atoms with E-state index in [2.05, 4.69) is 10.6 Å². The van der Waals surface area contributed by atoms with Gasteiger partial charge in [0.2, 0.25) is 29.5 Å². The largest absolute Gasteiger partial charge is 0.481 e. The summed E-state index contributed by atoms with van der Waals surface area (Å²) in [6.45, 7) is 0.0872. The van der Waals surface area contributed by atoms with Crippen LogP contribution in [0.25, 0.3) is 0 Å². The van der Waals surface area contributed by atoms with E-state index in [1.807, 2.05) is 0 Å². The summed E-state index contributed by atoms with van der Waals surface area (Å²) in [7, 11) is 0. The van der Waals surface area contributed by atoms with Crippen molar-refractivity contribution >= 4 is 41.5 Å². The van der Waals surface area contributed by atoms with E-state index in [4.69, 9.17) is 27.4 Å². The number of hydrogen-bond donors (Lipinski definition) is 7. The van der Waals surface area contributed by atoms with Crippen molar-refractivity contribution in [2.75, 3.05) is 6.54 Å². The Morgan fingerprint density at radius 3 is 2.09 bits per heavy atom. The highest BCUT2D eigenvalue weighted by atomic mass is 16.4. The number of aliphatic carboxylic acids is 2. The number of nitrogens with one attached hydrogen (secondary N) is 2. The molecule has 1 heterocycles. The minimum Gasteiger partial charge on any atom is -0.481 e. The maximum atomic E-state index is 13.1. The number of primary amides is 2. The lowest BCUT2D eigenvalue weighted by atomic mass is 10.1. The van der Waals surface area contributed by atoms with Crippen molar-refractivity contribution in [3.63, 3.8) is 0 Å². The predicted molar refractivity (Wildman–Crippen MR) is 109 cm³/mol. The normalized spacial score (nSPS) is 18.0. The zero-order valence-electron chi connectivity index (χ0n) is 17.7. The van der Waals surface area contributed by atoms with Gasteiger partial charge in [-0.3, -0.25) is 28.8 Å². The van der Waals surface area contributed by atoms with Crippen molar-refractivity contribution in [3.05, 3.63) is 0 Å². The van der Waals surface area contributed by atoms with Gasteiger partial charge in [0.15, 0.2) is 0 Å². The van der Waals surface area contributed by atoms with E-state index < -0.39 is 78.5 Å². The van der Waals surface area contributed by atoms with Gasteiger partial charge in [-0.25, -0.2) is 4.79 Å². The van der Waals surface area contributed by atoms with Crippen molar-refractivity contribution < 1.29 is 43.8 Å². The Kier molecular flexibility index (Phi) is 10.2. The quantitative estimate of drug-likeness (QED) is 0.136. The van der Waals surface area contributed by atoms with E-state index in [-0.39, 0.29) is 25.8 Å².